The minimum atomic E-state index is -1.91. The quantitative estimate of drug-likeness (QED) is 0.0374. The van der Waals surface area contributed by atoms with Gasteiger partial charge in [-0.15, -0.1) is 0 Å². The Labute approximate surface area is 528 Å². The predicted molar refractivity (Wildman–Crippen MR) is 337 cm³/mol. The normalized spacial score (nSPS) is 25.7. The first-order valence-electron chi connectivity index (χ1n) is 34.5. The van der Waals surface area contributed by atoms with Crippen LogP contribution in [0.3, 0.4) is 0 Å². The maximum atomic E-state index is 11.7. The Bertz CT molecular complexity index is 1600. The highest BCUT2D eigenvalue weighted by molar-refractivity contribution is 5.05. The van der Waals surface area contributed by atoms with Gasteiger partial charge in [-0.3, -0.25) is 0 Å². The van der Waals surface area contributed by atoms with Gasteiger partial charge in [0.1, 0.15) is 85.5 Å². The summed E-state index contributed by atoms with van der Waals surface area (Å²) in [7, 11) is 0. The molecule has 2 rings (SSSR count). The molecule has 0 aromatic heterocycles. The fourth-order valence-electron chi connectivity index (χ4n) is 11.6. The van der Waals surface area contributed by atoms with E-state index in [9.17, 15) is 81.7 Å². The third-order valence-corrected chi connectivity index (χ3v) is 17.5. The van der Waals surface area contributed by atoms with E-state index < -0.39 is 137 Å². The fourth-order valence-corrected chi connectivity index (χ4v) is 11.6. The summed E-state index contributed by atoms with van der Waals surface area (Å²) in [5.41, 5.74) is 2.08. The lowest BCUT2D eigenvalue weighted by Crippen LogP contribution is -2.59. The molecule has 0 aliphatic carbocycles. The van der Waals surface area contributed by atoms with E-state index in [1.165, 1.54) is 25.7 Å². The molecule has 2 saturated heterocycles. The van der Waals surface area contributed by atoms with E-state index in [-0.39, 0.29) is 13.1 Å². The second kappa shape index (κ2) is 49.8. The molecule has 0 aromatic carbocycles. The van der Waals surface area contributed by atoms with Gasteiger partial charge in [0.25, 0.3) is 0 Å². The highest BCUT2D eigenvalue weighted by atomic mass is 16.7. The maximum Gasteiger partial charge on any atom is 0.186 e. The van der Waals surface area contributed by atoms with Crippen molar-refractivity contribution in [3.63, 3.8) is 0 Å². The van der Waals surface area contributed by atoms with Gasteiger partial charge in [0.2, 0.25) is 0 Å². The summed E-state index contributed by atoms with van der Waals surface area (Å²) < 4.78 is 21.6. The molecule has 0 amide bonds. The number of allylic oxidation sites excluding steroid dienone is 4. The summed E-state index contributed by atoms with van der Waals surface area (Å²) in [6, 6.07) is 0. The molecule has 16 N–H and O–H groups in total. The van der Waals surface area contributed by atoms with Crippen molar-refractivity contribution in [2.75, 3.05) is 52.6 Å². The molecule has 18 atom stereocenters. The highest BCUT2D eigenvalue weighted by Gasteiger charge is 2.46. The van der Waals surface area contributed by atoms with Crippen LogP contribution in [0.5, 0.6) is 0 Å². The van der Waals surface area contributed by atoms with Crippen molar-refractivity contribution in [3.8, 4) is 0 Å². The minimum Gasteiger partial charge on any atom is -0.394 e. The van der Waals surface area contributed by atoms with Crippen LogP contribution in [0.2, 0.25) is 0 Å². The van der Waals surface area contributed by atoms with Crippen molar-refractivity contribution in [1.29, 1.82) is 0 Å². The molecule has 0 bridgehead atoms. The molecule has 2 aliphatic heterocycles. The smallest absolute Gasteiger partial charge is 0.186 e. The van der Waals surface area contributed by atoms with Gasteiger partial charge in [-0.1, -0.05) is 181 Å². The molecule has 0 spiro atoms. The Balaban J connectivity index is 2.38. The molecule has 2 heterocycles. The van der Waals surface area contributed by atoms with E-state index in [1.807, 2.05) is 0 Å². The number of aliphatic hydroxyl groups excluding tert-OH is 16. The number of unbranched alkanes of at least 4 members (excludes halogenated alkanes) is 25. The molecule has 0 radical (unpaired) electrons. The molecule has 2 fully saturated rings. The molecule has 22 heteroatoms. The topological polar surface area (TPSA) is 367 Å². The zero-order valence-corrected chi connectivity index (χ0v) is 54.5. The molecule has 0 unspecified atom stereocenters. The lowest BCUT2D eigenvalue weighted by molar-refractivity contribution is -0.306. The fraction of sp³-hybridized carbons (Fsp3) is 0.939. The van der Waals surface area contributed by atoms with E-state index in [2.05, 4.69) is 49.6 Å². The van der Waals surface area contributed by atoms with Crippen LogP contribution in [0.25, 0.3) is 0 Å². The highest BCUT2D eigenvalue weighted by Crippen LogP contribution is 2.27. The van der Waals surface area contributed by atoms with Gasteiger partial charge in [0, 0.05) is 37.6 Å². The van der Waals surface area contributed by atoms with Crippen LogP contribution in [0.1, 0.15) is 233 Å². The van der Waals surface area contributed by atoms with Crippen LogP contribution in [0.15, 0.2) is 23.5 Å². The number of aliphatic hydroxyl groups is 16. The summed E-state index contributed by atoms with van der Waals surface area (Å²) in [5, 5.41) is 171. The SMILES string of the molecule is CCCCCCCC/C=C(/CCCCCCCC)N(CCCCCCN(C[C@H](O)[C@@H](O)[C@H](O)[C@H](O)CO[C@@H]1O[C@H](CO)[C@H](O)[C@H](O)[C@H]1O)/C(=C\CCCCCCCC)CCCCCCCC)C[C@H](O)[C@@H](O)[C@H](O)[C@H](O)CO[C@@H]1O[C@H](CO)[C@H](O)[C@H](O)[C@H]1O. The minimum absolute atomic E-state index is 0.0592. The lowest BCUT2D eigenvalue weighted by Gasteiger charge is -2.40. The molecule has 522 valence electrons. The zero-order valence-electron chi connectivity index (χ0n) is 54.5. The maximum absolute atomic E-state index is 11.7. The number of ether oxygens (including phenoxy) is 4. The molecular formula is C66H128N2O20. The van der Waals surface area contributed by atoms with Gasteiger partial charge in [-0.25, -0.2) is 0 Å². The summed E-state index contributed by atoms with van der Waals surface area (Å²) in [4.78, 5) is 4.17. The first-order valence-corrected chi connectivity index (χ1v) is 34.5. The number of nitrogens with zero attached hydrogens (tertiary/aromatic N) is 2. The van der Waals surface area contributed by atoms with Gasteiger partial charge in [0.15, 0.2) is 12.6 Å². The van der Waals surface area contributed by atoms with Crippen molar-refractivity contribution in [2.24, 2.45) is 0 Å². The van der Waals surface area contributed by atoms with E-state index in [0.717, 1.165) is 178 Å². The Hall–Kier alpha value is -1.72. The largest absolute Gasteiger partial charge is 0.394 e. The number of hydrogen-bond acceptors (Lipinski definition) is 22. The van der Waals surface area contributed by atoms with E-state index in [1.54, 1.807) is 0 Å². The average Bonchev–Trinajstić information content (AvgIpc) is 2.75. The molecular weight excluding hydrogens is 1140 g/mol. The second-order valence-electron chi connectivity index (χ2n) is 25.1. The first-order chi connectivity index (χ1) is 42.3. The first kappa shape index (κ1) is 82.4. The van der Waals surface area contributed by atoms with Crippen LogP contribution in [0.4, 0.5) is 0 Å². The summed E-state index contributed by atoms with van der Waals surface area (Å²) in [6.45, 7) is 6.88. The molecule has 88 heavy (non-hydrogen) atoms. The second-order valence-corrected chi connectivity index (χ2v) is 25.1. The summed E-state index contributed by atoms with van der Waals surface area (Å²) in [5.74, 6) is 0. The van der Waals surface area contributed by atoms with Crippen molar-refractivity contribution in [2.45, 2.75) is 343 Å². The van der Waals surface area contributed by atoms with Gasteiger partial charge < -0.3 is 110 Å². The molecule has 0 saturated carbocycles. The van der Waals surface area contributed by atoms with Crippen LogP contribution in [-0.2, 0) is 18.9 Å². The number of hydrogen-bond donors (Lipinski definition) is 16. The molecule has 2 aliphatic rings. The molecule has 22 nitrogen and oxygen atoms in total. The molecule has 0 aromatic rings. The van der Waals surface area contributed by atoms with E-state index in [4.69, 9.17) is 18.9 Å². The standard InChI is InChI=1S/C66H128N2O20/c1-5-9-13-17-21-25-31-37-47(35-29-23-19-15-11-7-3)67(41-49(71)55(75)57(77)51(73)45-85-65-63(83)61(81)59(79)53(43-69)87-65)39-33-27-28-34-40-68(48(36-30-24-20-16-12-8-4)38-32-26-22-18-14-10-6-2)42-50(72)56(76)58(78)52(74)46-86-66-64(84)62(82)60(80)54(44-70)88-66/h37-38,49-66,69-84H,5-36,39-46H2,1-4H3/b47-37-,48-38-/t49-,50-,51+,52+,53+,54+,55+,56+,57+,58+,59-,60-,61-,62-,63+,64+,65+,66+/m0/s1. The van der Waals surface area contributed by atoms with Gasteiger partial charge in [-0.05, 0) is 64.2 Å². The Morgan fingerprint density at radius 2 is 0.648 bits per heavy atom. The van der Waals surface area contributed by atoms with E-state index >= 15 is 0 Å². The van der Waals surface area contributed by atoms with Crippen LogP contribution < -0.4 is 0 Å². The van der Waals surface area contributed by atoms with Gasteiger partial charge in [-0.2, -0.15) is 0 Å². The van der Waals surface area contributed by atoms with Crippen molar-refractivity contribution in [1.82, 2.24) is 9.80 Å². The Kier molecular flexibility index (Phi) is 46.6. The number of rotatable bonds is 55. The summed E-state index contributed by atoms with van der Waals surface area (Å²) >= 11 is 0. The lowest BCUT2D eigenvalue weighted by atomic mass is 9.99. The summed E-state index contributed by atoms with van der Waals surface area (Å²) in [6.07, 6.45) is 7.10. The van der Waals surface area contributed by atoms with Crippen LogP contribution >= 0.6 is 0 Å². The van der Waals surface area contributed by atoms with Gasteiger partial charge in [0.05, 0.1) is 38.6 Å². The zero-order chi connectivity index (χ0) is 65.2. The van der Waals surface area contributed by atoms with Crippen molar-refractivity contribution in [3.05, 3.63) is 23.5 Å². The van der Waals surface area contributed by atoms with Gasteiger partial charge >= 0.3 is 0 Å². The Morgan fingerprint density at radius 1 is 0.364 bits per heavy atom. The van der Waals surface area contributed by atoms with Crippen molar-refractivity contribution >= 4 is 0 Å². The monoisotopic (exact) mass is 1270 g/mol. The van der Waals surface area contributed by atoms with Crippen LogP contribution in [0, 0.1) is 0 Å². The third kappa shape index (κ3) is 31.9. The van der Waals surface area contributed by atoms with Crippen molar-refractivity contribution < 1.29 is 101 Å². The average molecular weight is 1270 g/mol. The predicted octanol–water partition coefficient (Wildman–Crippen LogP) is 4.44. The third-order valence-electron chi connectivity index (χ3n) is 17.5. The Morgan fingerprint density at radius 3 is 0.966 bits per heavy atom. The van der Waals surface area contributed by atoms with Crippen LogP contribution in [-0.4, -0.2) is 254 Å². The van der Waals surface area contributed by atoms with E-state index in [0.29, 0.717) is 25.9 Å².